The van der Waals surface area contributed by atoms with Crippen molar-refractivity contribution in [3.05, 3.63) is 27.5 Å². The zero-order chi connectivity index (χ0) is 35.1. The van der Waals surface area contributed by atoms with Crippen molar-refractivity contribution in [2.45, 2.75) is 189 Å². The smallest absolute Gasteiger partial charge is 0.192 e. The van der Waals surface area contributed by atoms with Crippen molar-refractivity contribution >= 4 is 41.9 Å². The first-order valence-electron chi connectivity index (χ1n) is 18.5. The largest absolute Gasteiger partial charge is 0.413 e. The van der Waals surface area contributed by atoms with E-state index in [0.29, 0.717) is 24.5 Å². The topological polar surface area (TPSA) is 27.7 Å². The summed E-state index contributed by atoms with van der Waals surface area (Å²) in [5.41, 5.74) is 3.37. The van der Waals surface area contributed by atoms with E-state index in [1.165, 1.54) is 53.8 Å². The fraction of sp³-hybridized carbons (Fsp3) is 0.846. The van der Waals surface area contributed by atoms with Crippen LogP contribution in [0.3, 0.4) is 0 Å². The Bertz CT molecular complexity index is 1150. The molecule has 0 bridgehead atoms. The molecule has 1 aromatic heterocycles. The minimum atomic E-state index is -1.87. The molecule has 7 heteroatoms. The van der Waals surface area contributed by atoms with Crippen LogP contribution >= 0.6 is 11.3 Å². The lowest BCUT2D eigenvalue weighted by Gasteiger charge is -2.43. The summed E-state index contributed by atoms with van der Waals surface area (Å²) in [6.45, 7) is 41.7. The summed E-state index contributed by atoms with van der Waals surface area (Å²) < 4.78 is 20.2. The third kappa shape index (κ3) is 9.81. The standard InChI is InChI=1S/C39H74O3SSi3/c1-29(20-18-24-38(8,9)42-44(11,12)13)32-22-23-33-31(21-19-25-39(32,33)10)34-26-30(27-40-45(14,15)36(2,3)4)35(43-34)28-41-46(16,17)37(5,6)7/h21,26,29,32-33H,18-20,22-25,27-28H2,1-17H3/t29-,32-,33+,39-/m1/s1. The van der Waals surface area contributed by atoms with Crippen LogP contribution in [0, 0.1) is 23.2 Å². The van der Waals surface area contributed by atoms with E-state index in [9.17, 15) is 0 Å². The zero-order valence-corrected chi connectivity index (χ0v) is 37.2. The molecular formula is C39H74O3SSi3. The van der Waals surface area contributed by atoms with Gasteiger partial charge < -0.3 is 13.3 Å². The van der Waals surface area contributed by atoms with Gasteiger partial charge >= 0.3 is 0 Å². The molecule has 0 N–H and O–H groups in total. The van der Waals surface area contributed by atoms with Crippen LogP contribution in [0.4, 0.5) is 0 Å². The first kappa shape index (κ1) is 40.4. The van der Waals surface area contributed by atoms with E-state index in [1.54, 1.807) is 5.57 Å². The van der Waals surface area contributed by atoms with Crippen molar-refractivity contribution < 1.29 is 13.3 Å². The highest BCUT2D eigenvalue weighted by Crippen LogP contribution is 2.61. The Hall–Kier alpha value is -0.0294. The minimum absolute atomic E-state index is 0.00969. The Labute approximate surface area is 293 Å². The maximum atomic E-state index is 6.84. The molecule has 0 spiro atoms. The van der Waals surface area contributed by atoms with Crippen molar-refractivity contribution in [1.29, 1.82) is 0 Å². The summed E-state index contributed by atoms with van der Waals surface area (Å²) in [6, 6.07) is 2.51. The summed E-state index contributed by atoms with van der Waals surface area (Å²) in [7, 11) is -5.27. The van der Waals surface area contributed by atoms with E-state index < -0.39 is 25.0 Å². The molecule has 3 rings (SSSR count). The first-order valence-corrected chi connectivity index (χ1v) is 28.5. The molecule has 4 atom stereocenters. The summed E-state index contributed by atoms with van der Waals surface area (Å²) in [6.07, 6.45) is 11.6. The monoisotopic (exact) mass is 706 g/mol. The maximum absolute atomic E-state index is 6.84. The van der Waals surface area contributed by atoms with Crippen LogP contribution in [-0.2, 0) is 26.5 Å². The van der Waals surface area contributed by atoms with Crippen LogP contribution in [0.15, 0.2) is 12.1 Å². The molecule has 0 aromatic carbocycles. The fourth-order valence-corrected chi connectivity index (χ4v) is 12.7. The van der Waals surface area contributed by atoms with Crippen molar-refractivity contribution in [2.75, 3.05) is 0 Å². The Kier molecular flexibility index (Phi) is 12.6. The van der Waals surface area contributed by atoms with Crippen LogP contribution in [0.5, 0.6) is 0 Å². The van der Waals surface area contributed by atoms with Crippen molar-refractivity contribution in [3.63, 3.8) is 0 Å². The minimum Gasteiger partial charge on any atom is -0.413 e. The van der Waals surface area contributed by atoms with Crippen LogP contribution in [0.2, 0.25) is 55.9 Å². The maximum Gasteiger partial charge on any atom is 0.192 e. The molecule has 0 radical (unpaired) electrons. The average Bonchev–Trinajstić information content (AvgIpc) is 3.43. The molecule has 0 saturated heterocycles. The van der Waals surface area contributed by atoms with Gasteiger partial charge in [0.15, 0.2) is 25.0 Å². The summed E-state index contributed by atoms with van der Waals surface area (Å²) in [4.78, 5) is 2.87. The van der Waals surface area contributed by atoms with Gasteiger partial charge in [0, 0.05) is 9.75 Å². The molecule has 2 aliphatic carbocycles. The summed E-state index contributed by atoms with van der Waals surface area (Å²) in [5, 5.41) is 0.398. The van der Waals surface area contributed by atoms with Gasteiger partial charge in [0.2, 0.25) is 0 Å². The van der Waals surface area contributed by atoms with E-state index in [-0.39, 0.29) is 15.7 Å². The number of rotatable bonds is 14. The molecule has 1 heterocycles. The number of hydrogen-bond acceptors (Lipinski definition) is 4. The molecule has 0 unspecified atom stereocenters. The summed E-state index contributed by atoms with van der Waals surface area (Å²) in [5.74, 6) is 2.20. The number of thiophene rings is 1. The molecule has 0 aliphatic heterocycles. The second kappa shape index (κ2) is 14.3. The molecule has 3 nitrogen and oxygen atoms in total. The average molecular weight is 707 g/mol. The highest BCUT2D eigenvalue weighted by molar-refractivity contribution is 7.13. The SMILES string of the molecule is C[C@H](CCCC(C)(C)O[Si](C)(C)C)[C@H]1CC[C@H]2C(c3cc(CO[Si](C)(C)C(C)(C)C)c(CO[Si](C)(C)C(C)(C)C)s3)=CCC[C@]12C. The second-order valence-electron chi connectivity index (χ2n) is 19.9. The fourth-order valence-electron chi connectivity index (χ4n) is 7.74. The van der Waals surface area contributed by atoms with Gasteiger partial charge in [-0.15, -0.1) is 11.3 Å². The van der Waals surface area contributed by atoms with Gasteiger partial charge in [0.05, 0.1) is 18.8 Å². The van der Waals surface area contributed by atoms with Gasteiger partial charge in [-0.1, -0.05) is 74.3 Å². The van der Waals surface area contributed by atoms with Crippen molar-refractivity contribution in [3.8, 4) is 0 Å². The van der Waals surface area contributed by atoms with Gasteiger partial charge in [-0.2, -0.15) is 0 Å². The van der Waals surface area contributed by atoms with E-state index in [0.717, 1.165) is 18.3 Å². The number of allylic oxidation sites excluding steroid dienone is 2. The highest BCUT2D eigenvalue weighted by atomic mass is 32.1. The Morgan fingerprint density at radius 3 is 1.98 bits per heavy atom. The second-order valence-corrected chi connectivity index (χ2v) is 35.1. The zero-order valence-electron chi connectivity index (χ0n) is 33.4. The molecular weight excluding hydrogens is 633 g/mol. The van der Waals surface area contributed by atoms with Crippen molar-refractivity contribution in [2.24, 2.45) is 23.2 Å². The van der Waals surface area contributed by atoms with Crippen LogP contribution < -0.4 is 0 Å². The van der Waals surface area contributed by atoms with Crippen molar-refractivity contribution in [1.82, 2.24) is 0 Å². The number of hydrogen-bond donors (Lipinski definition) is 0. The lowest BCUT2D eigenvalue weighted by molar-refractivity contribution is 0.0789. The Balaban J connectivity index is 1.82. The van der Waals surface area contributed by atoms with E-state index in [4.69, 9.17) is 13.3 Å². The third-order valence-corrected chi connectivity index (χ3v) is 23.8. The molecule has 266 valence electrons. The van der Waals surface area contributed by atoms with Gasteiger partial charge in [0.25, 0.3) is 0 Å². The van der Waals surface area contributed by atoms with Crippen LogP contribution in [0.25, 0.3) is 5.57 Å². The summed E-state index contributed by atoms with van der Waals surface area (Å²) >= 11 is 2.01. The van der Waals surface area contributed by atoms with Crippen LogP contribution in [0.1, 0.15) is 130 Å². The molecule has 46 heavy (non-hydrogen) atoms. The molecule has 1 fully saturated rings. The van der Waals surface area contributed by atoms with Gasteiger partial charge in [0.1, 0.15) is 0 Å². The van der Waals surface area contributed by atoms with Gasteiger partial charge in [-0.25, -0.2) is 0 Å². The molecule has 2 aliphatic rings. The third-order valence-electron chi connectivity index (χ3n) is 12.5. The van der Waals surface area contributed by atoms with E-state index in [2.05, 4.69) is 127 Å². The molecule has 0 amide bonds. The van der Waals surface area contributed by atoms with Gasteiger partial charge in [-0.05, 0) is 142 Å². The lowest BCUT2D eigenvalue weighted by Crippen LogP contribution is -2.41. The molecule has 1 saturated carbocycles. The van der Waals surface area contributed by atoms with Gasteiger partial charge in [-0.3, -0.25) is 0 Å². The number of fused-ring (bicyclic) bond motifs is 1. The lowest BCUT2D eigenvalue weighted by atomic mass is 9.62. The normalized spacial score (nSPS) is 24.2. The molecule has 1 aromatic rings. The quantitative estimate of drug-likeness (QED) is 0.180. The predicted molar refractivity (Wildman–Crippen MR) is 211 cm³/mol. The van der Waals surface area contributed by atoms with E-state index >= 15 is 0 Å². The predicted octanol–water partition coefficient (Wildman–Crippen LogP) is 13.4. The Morgan fingerprint density at radius 1 is 0.870 bits per heavy atom. The van der Waals surface area contributed by atoms with E-state index in [1.807, 2.05) is 11.3 Å². The Morgan fingerprint density at radius 2 is 1.43 bits per heavy atom. The highest BCUT2D eigenvalue weighted by Gasteiger charge is 2.51. The van der Waals surface area contributed by atoms with Crippen LogP contribution in [-0.4, -0.2) is 30.6 Å². The first-order chi connectivity index (χ1) is 20.7.